The van der Waals surface area contributed by atoms with Crippen LogP contribution in [0.15, 0.2) is 67.0 Å². The number of benzene rings is 3. The average molecular weight is 467 g/mol. The minimum absolute atomic E-state index is 0.0760. The van der Waals surface area contributed by atoms with Crippen molar-refractivity contribution < 1.29 is 4.79 Å². The fraction of sp³-hybridized carbons (Fsp3) is 0.300. The Bertz CT molecular complexity index is 1340. The molecule has 0 saturated carbocycles. The number of nitrogens with zero attached hydrogens (tertiary/aromatic N) is 2. The molecule has 0 saturated heterocycles. The van der Waals surface area contributed by atoms with Gasteiger partial charge in [-0.15, -0.1) is 0 Å². The summed E-state index contributed by atoms with van der Waals surface area (Å²) in [5.74, 6) is 0. The molecule has 0 unspecified atom stereocenters. The lowest BCUT2D eigenvalue weighted by molar-refractivity contribution is 0.262. The van der Waals surface area contributed by atoms with Gasteiger partial charge in [0.1, 0.15) is 6.33 Å². The van der Waals surface area contributed by atoms with Gasteiger partial charge in [-0.05, 0) is 76.9 Å². The Balaban J connectivity index is 1.49. The molecule has 2 N–H and O–H groups in total. The van der Waals surface area contributed by atoms with Gasteiger partial charge in [0, 0.05) is 23.2 Å². The lowest BCUT2D eigenvalue weighted by Gasteiger charge is -2.19. The highest BCUT2D eigenvalue weighted by molar-refractivity contribution is 5.99. The predicted molar refractivity (Wildman–Crippen MR) is 145 cm³/mol. The Kier molecular flexibility index (Phi) is 7.15. The van der Waals surface area contributed by atoms with Crippen molar-refractivity contribution in [3.8, 4) is 0 Å². The fourth-order valence-corrected chi connectivity index (χ4v) is 4.34. The largest absolute Gasteiger partial charge is 0.323 e. The van der Waals surface area contributed by atoms with Crippen LogP contribution in [0.1, 0.15) is 62.6 Å². The van der Waals surface area contributed by atoms with Gasteiger partial charge >= 0.3 is 6.03 Å². The Labute approximate surface area is 208 Å². The van der Waals surface area contributed by atoms with E-state index in [1.54, 1.807) is 6.33 Å². The van der Waals surface area contributed by atoms with E-state index in [0.717, 1.165) is 46.4 Å². The van der Waals surface area contributed by atoms with Gasteiger partial charge in [-0.2, -0.15) is 0 Å². The number of aromatic nitrogens is 2. The molecule has 0 bridgehead atoms. The molecule has 0 spiro atoms. The number of carbonyl (C=O) groups excluding carboxylic acids is 1. The molecule has 0 radical (unpaired) electrons. The zero-order valence-electron chi connectivity index (χ0n) is 21.3. The summed E-state index contributed by atoms with van der Waals surface area (Å²) >= 11 is 0. The number of rotatable bonds is 6. The van der Waals surface area contributed by atoms with Crippen LogP contribution in [0.4, 0.5) is 16.2 Å². The van der Waals surface area contributed by atoms with Gasteiger partial charge in [-0.1, -0.05) is 58.9 Å². The van der Waals surface area contributed by atoms with E-state index < -0.39 is 0 Å². The summed E-state index contributed by atoms with van der Waals surface area (Å²) in [7, 11) is 0. The number of carbonyl (C=O) groups is 1. The molecular formula is C30H34N4O. The summed E-state index contributed by atoms with van der Waals surface area (Å²) in [6.45, 7) is 10.9. The summed E-state index contributed by atoms with van der Waals surface area (Å²) in [4.78, 5) is 21.7. The molecule has 0 atom stereocenters. The molecule has 4 rings (SSSR count). The lowest BCUT2D eigenvalue weighted by atomic mass is 9.87. The zero-order chi connectivity index (χ0) is 25.0. The summed E-state index contributed by atoms with van der Waals surface area (Å²) in [6, 6.07) is 20.0. The van der Waals surface area contributed by atoms with E-state index in [1.807, 2.05) is 30.3 Å². The van der Waals surface area contributed by atoms with Crippen LogP contribution in [0.3, 0.4) is 0 Å². The summed E-state index contributed by atoms with van der Waals surface area (Å²) in [5.41, 5.74) is 8.55. The number of hydrogen-bond acceptors (Lipinski definition) is 3. The van der Waals surface area contributed by atoms with Gasteiger partial charge in [-0.3, -0.25) is 0 Å². The van der Waals surface area contributed by atoms with E-state index in [2.05, 4.69) is 85.6 Å². The second-order valence-corrected chi connectivity index (χ2v) is 9.95. The topological polar surface area (TPSA) is 66.9 Å². The summed E-state index contributed by atoms with van der Waals surface area (Å²) in [5, 5.41) is 6.96. The van der Waals surface area contributed by atoms with Crippen molar-refractivity contribution in [2.24, 2.45) is 0 Å². The van der Waals surface area contributed by atoms with Crippen molar-refractivity contribution in [2.75, 3.05) is 10.6 Å². The second-order valence-electron chi connectivity index (χ2n) is 9.95. The van der Waals surface area contributed by atoms with Crippen molar-refractivity contribution in [1.82, 2.24) is 9.97 Å². The SMILES string of the molecule is CCc1cc2ncnc(Cc3cccc(NC(=O)Nc4ccc(C(C)(C)C)cc4)c3)c2cc1CC. The first-order valence-electron chi connectivity index (χ1n) is 12.3. The maximum absolute atomic E-state index is 12.6. The minimum atomic E-state index is -0.266. The van der Waals surface area contributed by atoms with E-state index in [1.165, 1.54) is 16.7 Å². The molecule has 1 aromatic heterocycles. The second kappa shape index (κ2) is 10.3. The molecule has 5 nitrogen and oxygen atoms in total. The Morgan fingerprint density at radius 3 is 2.20 bits per heavy atom. The Morgan fingerprint density at radius 1 is 0.829 bits per heavy atom. The summed E-state index contributed by atoms with van der Waals surface area (Å²) in [6.07, 6.45) is 4.29. The van der Waals surface area contributed by atoms with Crippen LogP contribution in [-0.2, 0) is 24.7 Å². The standard InChI is InChI=1S/C30H34N4O/c1-6-21-17-26-27(31-19-32-28(26)18-22(21)7-2)16-20-9-8-10-25(15-20)34-29(35)33-24-13-11-23(12-14-24)30(3,4)5/h8-15,17-19H,6-7,16H2,1-5H3,(H2,33,34,35). The van der Waals surface area contributed by atoms with Crippen LogP contribution in [0.25, 0.3) is 10.9 Å². The van der Waals surface area contributed by atoms with Crippen molar-refractivity contribution in [3.63, 3.8) is 0 Å². The van der Waals surface area contributed by atoms with E-state index in [9.17, 15) is 4.79 Å². The highest BCUT2D eigenvalue weighted by atomic mass is 16.2. The van der Waals surface area contributed by atoms with Gasteiger partial charge in [0.05, 0.1) is 11.2 Å². The van der Waals surface area contributed by atoms with Gasteiger partial charge < -0.3 is 10.6 Å². The van der Waals surface area contributed by atoms with Crippen molar-refractivity contribution in [1.29, 1.82) is 0 Å². The van der Waals surface area contributed by atoms with Gasteiger partial charge in [0.15, 0.2) is 0 Å². The highest BCUT2D eigenvalue weighted by Gasteiger charge is 2.13. The maximum Gasteiger partial charge on any atom is 0.323 e. The normalized spacial score (nSPS) is 11.5. The molecule has 0 aliphatic heterocycles. The van der Waals surface area contributed by atoms with Crippen molar-refractivity contribution in [3.05, 3.63) is 94.9 Å². The number of fused-ring (bicyclic) bond motifs is 1. The van der Waals surface area contributed by atoms with Gasteiger partial charge in [0.25, 0.3) is 0 Å². The monoisotopic (exact) mass is 466 g/mol. The molecule has 2 amide bonds. The van der Waals surface area contributed by atoms with Gasteiger partial charge in [-0.25, -0.2) is 14.8 Å². The molecule has 35 heavy (non-hydrogen) atoms. The Hall–Kier alpha value is -3.73. The number of amides is 2. The molecule has 5 heteroatoms. The number of hydrogen-bond donors (Lipinski definition) is 2. The highest BCUT2D eigenvalue weighted by Crippen LogP contribution is 2.25. The maximum atomic E-state index is 12.6. The van der Waals surface area contributed by atoms with E-state index in [-0.39, 0.29) is 11.4 Å². The van der Waals surface area contributed by atoms with Crippen LogP contribution in [0, 0.1) is 0 Å². The number of anilines is 2. The fourth-order valence-electron chi connectivity index (χ4n) is 4.34. The van der Waals surface area contributed by atoms with Crippen LogP contribution < -0.4 is 10.6 Å². The van der Waals surface area contributed by atoms with E-state index in [0.29, 0.717) is 6.42 Å². The average Bonchev–Trinajstić information content (AvgIpc) is 2.83. The molecule has 4 aromatic rings. The van der Waals surface area contributed by atoms with Crippen LogP contribution in [0.2, 0.25) is 0 Å². The molecule has 0 aliphatic rings. The quantitative estimate of drug-likeness (QED) is 0.314. The number of aryl methyl sites for hydroxylation is 2. The third-order valence-corrected chi connectivity index (χ3v) is 6.37. The Morgan fingerprint density at radius 2 is 1.51 bits per heavy atom. The first kappa shape index (κ1) is 24.4. The first-order valence-corrected chi connectivity index (χ1v) is 12.3. The number of urea groups is 1. The lowest BCUT2D eigenvalue weighted by Crippen LogP contribution is -2.19. The molecule has 180 valence electrons. The predicted octanol–water partition coefficient (Wildman–Crippen LogP) is 7.29. The first-order chi connectivity index (χ1) is 16.8. The molecule has 3 aromatic carbocycles. The van der Waals surface area contributed by atoms with Crippen molar-refractivity contribution >= 4 is 28.3 Å². The van der Waals surface area contributed by atoms with Crippen LogP contribution >= 0.6 is 0 Å². The van der Waals surface area contributed by atoms with Crippen LogP contribution in [0.5, 0.6) is 0 Å². The van der Waals surface area contributed by atoms with Gasteiger partial charge in [0.2, 0.25) is 0 Å². The number of nitrogens with one attached hydrogen (secondary N) is 2. The minimum Gasteiger partial charge on any atom is -0.308 e. The molecule has 1 heterocycles. The van der Waals surface area contributed by atoms with E-state index >= 15 is 0 Å². The van der Waals surface area contributed by atoms with Crippen LogP contribution in [-0.4, -0.2) is 16.0 Å². The molecule has 0 fully saturated rings. The van der Waals surface area contributed by atoms with E-state index in [4.69, 9.17) is 0 Å². The summed E-state index contributed by atoms with van der Waals surface area (Å²) < 4.78 is 0. The third kappa shape index (κ3) is 5.86. The third-order valence-electron chi connectivity index (χ3n) is 6.37. The van der Waals surface area contributed by atoms with Crippen molar-refractivity contribution in [2.45, 2.75) is 59.3 Å². The smallest absolute Gasteiger partial charge is 0.308 e. The molecular weight excluding hydrogens is 432 g/mol. The zero-order valence-corrected chi connectivity index (χ0v) is 21.3. The molecule has 0 aliphatic carbocycles.